The van der Waals surface area contributed by atoms with Gasteiger partial charge in [-0.15, -0.1) is 0 Å². The standard InChI is InChI=1S/C18H30N4O2/c1-14(15-5-4-6-19-10-15)9-17(23)22-7-8-24-18(2,13-22)16-11-20-21(3)12-16/h11-12,14-15,19H,4-10,13H2,1-3H3/t14-,15-,18+/m1/s1. The largest absolute Gasteiger partial charge is 0.367 e. The molecule has 1 aromatic heterocycles. The number of aromatic nitrogens is 2. The van der Waals surface area contributed by atoms with Crippen LogP contribution in [0.5, 0.6) is 0 Å². The van der Waals surface area contributed by atoms with Crippen LogP contribution in [0.25, 0.3) is 0 Å². The summed E-state index contributed by atoms with van der Waals surface area (Å²) in [6.45, 7) is 8.30. The SMILES string of the molecule is C[C@H](CC(=O)N1CCO[C@](C)(c2cnn(C)c2)C1)[C@@H]1CCCNC1. The molecule has 24 heavy (non-hydrogen) atoms. The molecule has 0 aromatic carbocycles. The zero-order valence-electron chi connectivity index (χ0n) is 15.1. The number of nitrogens with zero attached hydrogens (tertiary/aromatic N) is 3. The lowest BCUT2D eigenvalue weighted by Gasteiger charge is -2.40. The average Bonchev–Trinajstić information content (AvgIpc) is 3.03. The quantitative estimate of drug-likeness (QED) is 0.907. The van der Waals surface area contributed by atoms with Crippen molar-refractivity contribution in [2.24, 2.45) is 18.9 Å². The van der Waals surface area contributed by atoms with Gasteiger partial charge in [-0.1, -0.05) is 6.92 Å². The molecule has 2 fully saturated rings. The van der Waals surface area contributed by atoms with Gasteiger partial charge in [-0.25, -0.2) is 0 Å². The Morgan fingerprint density at radius 2 is 2.42 bits per heavy atom. The second kappa shape index (κ2) is 7.23. The summed E-state index contributed by atoms with van der Waals surface area (Å²) in [5.41, 5.74) is 0.574. The van der Waals surface area contributed by atoms with Crippen LogP contribution in [0.2, 0.25) is 0 Å². The van der Waals surface area contributed by atoms with Crippen molar-refractivity contribution >= 4 is 5.91 Å². The Hall–Kier alpha value is -1.40. The maximum Gasteiger partial charge on any atom is 0.223 e. The van der Waals surface area contributed by atoms with Crippen LogP contribution >= 0.6 is 0 Å². The second-order valence-electron chi connectivity index (χ2n) is 7.59. The summed E-state index contributed by atoms with van der Waals surface area (Å²) in [6.07, 6.45) is 6.90. The highest BCUT2D eigenvalue weighted by atomic mass is 16.5. The van der Waals surface area contributed by atoms with Crippen LogP contribution in [-0.2, 0) is 22.2 Å². The van der Waals surface area contributed by atoms with Crippen LogP contribution in [0.15, 0.2) is 12.4 Å². The molecule has 3 heterocycles. The minimum atomic E-state index is -0.461. The monoisotopic (exact) mass is 334 g/mol. The van der Waals surface area contributed by atoms with Gasteiger partial charge in [0.2, 0.25) is 5.91 Å². The molecule has 1 aromatic rings. The number of rotatable bonds is 4. The Bertz CT molecular complexity index is 567. The highest BCUT2D eigenvalue weighted by Crippen LogP contribution is 2.30. The average molecular weight is 334 g/mol. The van der Waals surface area contributed by atoms with E-state index < -0.39 is 5.60 Å². The van der Waals surface area contributed by atoms with Gasteiger partial charge in [0.1, 0.15) is 5.60 Å². The Balaban J connectivity index is 1.60. The van der Waals surface area contributed by atoms with E-state index in [1.807, 2.05) is 24.3 Å². The summed E-state index contributed by atoms with van der Waals surface area (Å²) in [5, 5.41) is 7.69. The van der Waals surface area contributed by atoms with Gasteiger partial charge in [-0.2, -0.15) is 5.10 Å². The van der Waals surface area contributed by atoms with E-state index in [-0.39, 0.29) is 5.91 Å². The number of hydrogen-bond acceptors (Lipinski definition) is 4. The topological polar surface area (TPSA) is 59.4 Å². The molecule has 2 aliphatic heterocycles. The lowest BCUT2D eigenvalue weighted by Crippen LogP contribution is -2.51. The molecular formula is C18H30N4O2. The fraction of sp³-hybridized carbons (Fsp3) is 0.778. The van der Waals surface area contributed by atoms with Crippen molar-refractivity contribution in [3.8, 4) is 0 Å². The number of amides is 1. The Kier molecular flexibility index (Phi) is 5.25. The fourth-order valence-corrected chi connectivity index (χ4v) is 3.89. The molecule has 6 heteroatoms. The van der Waals surface area contributed by atoms with E-state index in [0.29, 0.717) is 38.0 Å². The lowest BCUT2D eigenvalue weighted by molar-refractivity contribution is -0.150. The first-order valence-electron chi connectivity index (χ1n) is 9.09. The maximum absolute atomic E-state index is 12.8. The van der Waals surface area contributed by atoms with Gasteiger partial charge in [-0.05, 0) is 44.7 Å². The van der Waals surface area contributed by atoms with Crippen LogP contribution in [0.1, 0.15) is 38.7 Å². The molecule has 2 saturated heterocycles. The van der Waals surface area contributed by atoms with Gasteiger partial charge < -0.3 is 15.0 Å². The van der Waals surface area contributed by atoms with Crippen LogP contribution in [0.3, 0.4) is 0 Å². The predicted molar refractivity (Wildman–Crippen MR) is 92.5 cm³/mol. The molecule has 2 aliphatic rings. The summed E-state index contributed by atoms with van der Waals surface area (Å²) < 4.78 is 7.79. The molecule has 0 unspecified atom stereocenters. The van der Waals surface area contributed by atoms with E-state index in [9.17, 15) is 4.79 Å². The molecule has 1 N–H and O–H groups in total. The number of nitrogens with one attached hydrogen (secondary N) is 1. The molecule has 6 nitrogen and oxygen atoms in total. The number of piperidine rings is 1. The predicted octanol–water partition coefficient (Wildman–Crippen LogP) is 1.52. The van der Waals surface area contributed by atoms with Crippen molar-refractivity contribution in [2.45, 2.75) is 38.7 Å². The van der Waals surface area contributed by atoms with Crippen molar-refractivity contribution in [1.29, 1.82) is 0 Å². The van der Waals surface area contributed by atoms with Gasteiger partial charge in [0.25, 0.3) is 0 Å². The normalized spacial score (nSPS) is 29.5. The smallest absolute Gasteiger partial charge is 0.223 e. The number of morpholine rings is 1. The number of ether oxygens (including phenoxy) is 1. The van der Waals surface area contributed by atoms with Crippen molar-refractivity contribution in [2.75, 3.05) is 32.8 Å². The fourth-order valence-electron chi connectivity index (χ4n) is 3.89. The van der Waals surface area contributed by atoms with Crippen molar-refractivity contribution < 1.29 is 9.53 Å². The first-order chi connectivity index (χ1) is 11.5. The van der Waals surface area contributed by atoms with E-state index in [4.69, 9.17) is 4.74 Å². The Morgan fingerprint density at radius 1 is 1.58 bits per heavy atom. The molecule has 134 valence electrons. The highest BCUT2D eigenvalue weighted by molar-refractivity contribution is 5.76. The summed E-state index contributed by atoms with van der Waals surface area (Å²) in [6, 6.07) is 0. The van der Waals surface area contributed by atoms with Gasteiger partial charge in [0.15, 0.2) is 0 Å². The molecule has 1 amide bonds. The van der Waals surface area contributed by atoms with Gasteiger partial charge in [0, 0.05) is 31.8 Å². The zero-order valence-corrected chi connectivity index (χ0v) is 15.1. The number of carbonyl (C=O) groups excluding carboxylic acids is 1. The maximum atomic E-state index is 12.8. The molecule has 3 rings (SSSR count). The number of aryl methyl sites for hydroxylation is 1. The van der Waals surface area contributed by atoms with Crippen LogP contribution < -0.4 is 5.32 Å². The molecular weight excluding hydrogens is 304 g/mol. The lowest BCUT2D eigenvalue weighted by atomic mass is 9.85. The van der Waals surface area contributed by atoms with Crippen molar-refractivity contribution in [3.63, 3.8) is 0 Å². The third-order valence-electron chi connectivity index (χ3n) is 5.58. The van der Waals surface area contributed by atoms with E-state index in [2.05, 4.69) is 24.3 Å². The van der Waals surface area contributed by atoms with Gasteiger partial charge in [-0.3, -0.25) is 9.48 Å². The van der Waals surface area contributed by atoms with Gasteiger partial charge >= 0.3 is 0 Å². The summed E-state index contributed by atoms with van der Waals surface area (Å²) in [4.78, 5) is 14.8. The molecule has 0 radical (unpaired) electrons. The minimum absolute atomic E-state index is 0.256. The van der Waals surface area contributed by atoms with E-state index in [0.717, 1.165) is 18.7 Å². The van der Waals surface area contributed by atoms with E-state index in [1.54, 1.807) is 4.68 Å². The molecule has 0 aliphatic carbocycles. The van der Waals surface area contributed by atoms with Crippen LogP contribution in [0, 0.1) is 11.8 Å². The molecule has 0 saturated carbocycles. The number of hydrogen-bond donors (Lipinski definition) is 1. The first kappa shape index (κ1) is 17.4. The van der Waals surface area contributed by atoms with Crippen LogP contribution in [-0.4, -0.2) is 53.4 Å². The highest BCUT2D eigenvalue weighted by Gasteiger charge is 2.37. The summed E-state index contributed by atoms with van der Waals surface area (Å²) >= 11 is 0. The van der Waals surface area contributed by atoms with Crippen molar-refractivity contribution in [3.05, 3.63) is 18.0 Å². The first-order valence-corrected chi connectivity index (χ1v) is 9.09. The third-order valence-corrected chi connectivity index (χ3v) is 5.58. The summed E-state index contributed by atoms with van der Waals surface area (Å²) in [7, 11) is 1.90. The van der Waals surface area contributed by atoms with E-state index >= 15 is 0 Å². The zero-order chi connectivity index (χ0) is 17.2. The third kappa shape index (κ3) is 3.81. The number of carbonyl (C=O) groups is 1. The summed E-state index contributed by atoms with van der Waals surface area (Å²) in [5.74, 6) is 1.30. The molecule has 0 spiro atoms. The second-order valence-corrected chi connectivity index (χ2v) is 7.59. The van der Waals surface area contributed by atoms with Gasteiger partial charge in [0.05, 0.1) is 19.3 Å². The Labute approximate surface area is 144 Å². The molecule has 0 bridgehead atoms. The Morgan fingerprint density at radius 3 is 3.08 bits per heavy atom. The van der Waals surface area contributed by atoms with Crippen molar-refractivity contribution in [1.82, 2.24) is 20.0 Å². The minimum Gasteiger partial charge on any atom is -0.367 e. The molecule has 3 atom stereocenters. The van der Waals surface area contributed by atoms with E-state index in [1.165, 1.54) is 12.8 Å². The van der Waals surface area contributed by atoms with Crippen LogP contribution in [0.4, 0.5) is 0 Å².